The number of ether oxygens (including phenoxy) is 1. The molecule has 13 heteroatoms. The molecule has 1 amide bonds. The monoisotopic (exact) mass is 538 g/mol. The normalized spacial score (nSPS) is 24.4. The highest BCUT2D eigenvalue weighted by Gasteiger charge is 2.68. The Bertz CT molecular complexity index is 1150. The smallest absolute Gasteiger partial charge is 0.355 e. The van der Waals surface area contributed by atoms with Crippen molar-refractivity contribution in [2.24, 2.45) is 0 Å². The van der Waals surface area contributed by atoms with E-state index in [1.165, 1.54) is 40.9 Å². The first kappa shape index (κ1) is 21.5. The van der Waals surface area contributed by atoms with E-state index in [1.54, 1.807) is 23.4 Å². The Labute approximate surface area is 198 Å². The number of non-ortho nitro benzene ring substituents is 1. The number of carbonyl (C=O) groups is 2. The van der Waals surface area contributed by atoms with E-state index in [0.29, 0.717) is 11.3 Å². The van der Waals surface area contributed by atoms with Crippen LogP contribution in [-0.2, 0) is 27.5 Å². The van der Waals surface area contributed by atoms with Gasteiger partial charge in [-0.05, 0) is 17.7 Å². The van der Waals surface area contributed by atoms with Gasteiger partial charge in [0.25, 0.3) is 11.6 Å². The zero-order valence-electron chi connectivity index (χ0n) is 16.2. The molecule has 3 atom stereocenters. The molecular formula is C19H15BrN4O6S2. The summed E-state index contributed by atoms with van der Waals surface area (Å²) in [5.41, 5.74) is 1.03. The third kappa shape index (κ3) is 3.26. The van der Waals surface area contributed by atoms with Gasteiger partial charge in [0, 0.05) is 36.0 Å². The fraction of sp³-hybridized carbons (Fsp3) is 0.316. The summed E-state index contributed by atoms with van der Waals surface area (Å²) < 4.78 is 5.94. The maximum absolute atomic E-state index is 13.0. The first-order chi connectivity index (χ1) is 15.3. The summed E-state index contributed by atoms with van der Waals surface area (Å²) in [4.78, 5) is 41.5. The summed E-state index contributed by atoms with van der Waals surface area (Å²) in [6.45, 7) is 0.713. The molecule has 0 bridgehead atoms. The number of thioether (sulfide) groups is 2. The quantitative estimate of drug-likeness (QED) is 0.194. The number of β-lactam (4-membered cyclic amide) rings is 1. The average Bonchev–Trinajstić information content (AvgIpc) is 3.50. The molecular weight excluding hydrogens is 524 g/mol. The highest BCUT2D eigenvalue weighted by atomic mass is 79.9. The second kappa shape index (κ2) is 7.90. The van der Waals surface area contributed by atoms with Crippen molar-refractivity contribution in [1.29, 1.82) is 0 Å². The van der Waals surface area contributed by atoms with Crippen LogP contribution in [0.3, 0.4) is 0 Å². The molecule has 10 nitrogen and oxygen atoms in total. The van der Waals surface area contributed by atoms with Crippen LogP contribution in [0, 0.1) is 10.1 Å². The lowest BCUT2D eigenvalue weighted by molar-refractivity contribution is -0.384. The lowest BCUT2D eigenvalue weighted by Gasteiger charge is -2.50. The van der Waals surface area contributed by atoms with Crippen LogP contribution in [0.4, 0.5) is 5.69 Å². The number of nitrogens with zero attached hydrogens (tertiary/aromatic N) is 4. The topological polar surface area (TPSA) is 128 Å². The number of nitro benzene ring substituents is 1. The van der Waals surface area contributed by atoms with Gasteiger partial charge >= 0.3 is 5.97 Å². The molecule has 0 spiro atoms. The molecule has 1 saturated heterocycles. The largest absolute Gasteiger partial charge is 0.456 e. The van der Waals surface area contributed by atoms with Crippen molar-refractivity contribution < 1.29 is 24.4 Å². The molecule has 5 rings (SSSR count). The highest BCUT2D eigenvalue weighted by Crippen LogP contribution is 2.57. The van der Waals surface area contributed by atoms with Gasteiger partial charge in [0.2, 0.25) is 0 Å². The number of nitro groups is 1. The van der Waals surface area contributed by atoms with Gasteiger partial charge in [-0.2, -0.15) is 0 Å². The van der Waals surface area contributed by atoms with Crippen LogP contribution in [0.5, 0.6) is 0 Å². The summed E-state index contributed by atoms with van der Waals surface area (Å²) >= 11 is 6.26. The predicted octanol–water partition coefficient (Wildman–Crippen LogP) is 2.56. The van der Waals surface area contributed by atoms with E-state index in [-0.39, 0.29) is 18.0 Å². The number of carbonyl (C=O) groups excluding carboxylic acids is 2. The van der Waals surface area contributed by atoms with E-state index in [2.05, 4.69) is 20.9 Å². The number of alkyl halides is 1. The van der Waals surface area contributed by atoms with Gasteiger partial charge in [0.05, 0.1) is 10.6 Å². The number of rotatable bonds is 6. The first-order valence-corrected chi connectivity index (χ1v) is 12.2. The Morgan fingerprint density at radius 3 is 2.88 bits per heavy atom. The van der Waals surface area contributed by atoms with Crippen molar-refractivity contribution in [1.82, 2.24) is 14.5 Å². The number of halogens is 1. The van der Waals surface area contributed by atoms with E-state index in [0.717, 1.165) is 17.5 Å². The minimum Gasteiger partial charge on any atom is -0.456 e. The van der Waals surface area contributed by atoms with Crippen LogP contribution >= 0.6 is 39.5 Å². The summed E-state index contributed by atoms with van der Waals surface area (Å²) in [6, 6.07) is 5.66. The summed E-state index contributed by atoms with van der Waals surface area (Å²) in [5, 5.41) is 23.5. The SMILES string of the molecule is O=C(OCc1ccc([N+](=O)[O-])cc1)C1=CS[C@H]2N1C(=O)[C@@]2(Br)[C@H](O)c1cn2c(n1)SCC2. The summed E-state index contributed by atoms with van der Waals surface area (Å²) in [5.74, 6) is -0.203. The van der Waals surface area contributed by atoms with Crippen LogP contribution < -0.4 is 0 Å². The Morgan fingerprint density at radius 1 is 1.44 bits per heavy atom. The van der Waals surface area contributed by atoms with Gasteiger partial charge in [0.1, 0.15) is 23.8 Å². The fourth-order valence-electron chi connectivity index (χ4n) is 3.71. The number of hydrogen-bond donors (Lipinski definition) is 1. The molecule has 0 unspecified atom stereocenters. The Morgan fingerprint density at radius 2 is 2.19 bits per heavy atom. The highest BCUT2D eigenvalue weighted by molar-refractivity contribution is 9.10. The lowest BCUT2D eigenvalue weighted by Crippen LogP contribution is -2.70. The van der Waals surface area contributed by atoms with Crippen molar-refractivity contribution in [3.05, 3.63) is 62.9 Å². The number of benzene rings is 1. The van der Waals surface area contributed by atoms with Gasteiger partial charge < -0.3 is 14.4 Å². The van der Waals surface area contributed by atoms with Crippen molar-refractivity contribution in [3.8, 4) is 0 Å². The van der Waals surface area contributed by atoms with Crippen LogP contribution in [0.2, 0.25) is 0 Å². The number of amides is 1. The molecule has 32 heavy (non-hydrogen) atoms. The van der Waals surface area contributed by atoms with Crippen molar-refractivity contribution >= 4 is 57.0 Å². The standard InChI is InChI=1S/C19H15BrN4O6S2/c20-19(14(25)12-7-22-5-6-31-18(22)21-12)16(27)23-13(9-32-17(19)23)15(26)30-8-10-1-3-11(4-2-10)24(28)29/h1-4,7,9,14,17,25H,5-6,8H2/t14-,17-,19+/m1/s1. The lowest BCUT2D eigenvalue weighted by atomic mass is 9.89. The number of esters is 1. The third-order valence-electron chi connectivity index (χ3n) is 5.43. The number of hydrogen-bond acceptors (Lipinski definition) is 9. The predicted molar refractivity (Wildman–Crippen MR) is 119 cm³/mol. The molecule has 1 fully saturated rings. The number of aryl methyl sites for hydroxylation is 1. The Hall–Kier alpha value is -2.35. The molecule has 0 saturated carbocycles. The summed E-state index contributed by atoms with van der Waals surface area (Å²) in [6.07, 6.45) is 0.581. The minimum atomic E-state index is -1.30. The maximum atomic E-state index is 13.0. The van der Waals surface area contributed by atoms with Crippen LogP contribution in [0.1, 0.15) is 17.4 Å². The molecule has 3 aliphatic rings. The third-order valence-corrected chi connectivity index (χ3v) is 9.11. The Balaban J connectivity index is 1.24. The zero-order chi connectivity index (χ0) is 22.6. The number of aliphatic hydroxyl groups is 1. The number of aliphatic hydroxyl groups excluding tert-OH is 1. The first-order valence-electron chi connectivity index (χ1n) is 9.47. The second-order valence-electron chi connectivity index (χ2n) is 7.33. The van der Waals surface area contributed by atoms with Crippen LogP contribution in [-0.4, -0.2) is 51.8 Å². The van der Waals surface area contributed by atoms with Crippen molar-refractivity contribution in [2.45, 2.75) is 34.1 Å². The molecule has 166 valence electrons. The van der Waals surface area contributed by atoms with E-state index >= 15 is 0 Å². The van der Waals surface area contributed by atoms with Crippen molar-refractivity contribution in [2.75, 3.05) is 5.75 Å². The maximum Gasteiger partial charge on any atom is 0.355 e. The van der Waals surface area contributed by atoms with Crippen molar-refractivity contribution in [3.63, 3.8) is 0 Å². The Kier molecular flexibility index (Phi) is 5.31. The van der Waals surface area contributed by atoms with Gasteiger partial charge in [-0.3, -0.25) is 19.8 Å². The molecule has 0 aliphatic carbocycles. The molecule has 3 aliphatic heterocycles. The zero-order valence-corrected chi connectivity index (χ0v) is 19.4. The number of aromatic nitrogens is 2. The molecule has 1 aromatic heterocycles. The molecule has 0 radical (unpaired) electrons. The van der Waals surface area contributed by atoms with Crippen LogP contribution in [0.15, 0.2) is 46.7 Å². The van der Waals surface area contributed by atoms with E-state index in [1.807, 2.05) is 4.57 Å². The molecule has 1 N–H and O–H groups in total. The fourth-order valence-corrected chi connectivity index (χ4v) is 6.84. The molecule has 1 aromatic carbocycles. The average molecular weight is 539 g/mol. The van der Waals surface area contributed by atoms with Crippen LogP contribution in [0.25, 0.3) is 0 Å². The van der Waals surface area contributed by atoms with Gasteiger partial charge in [-0.15, -0.1) is 11.8 Å². The van der Waals surface area contributed by atoms with E-state index in [4.69, 9.17) is 4.74 Å². The van der Waals surface area contributed by atoms with Gasteiger partial charge in [-0.1, -0.05) is 27.7 Å². The second-order valence-corrected chi connectivity index (χ2v) is 10.7. The summed E-state index contributed by atoms with van der Waals surface area (Å²) in [7, 11) is 0. The van der Waals surface area contributed by atoms with E-state index < -0.39 is 32.6 Å². The minimum absolute atomic E-state index is 0.0576. The number of imidazole rings is 1. The molecule has 4 heterocycles. The molecule has 2 aromatic rings. The van der Waals surface area contributed by atoms with Gasteiger partial charge in [0.15, 0.2) is 9.48 Å². The van der Waals surface area contributed by atoms with E-state index in [9.17, 15) is 24.8 Å². The van der Waals surface area contributed by atoms with Gasteiger partial charge in [-0.25, -0.2) is 9.78 Å². The number of fused-ring (bicyclic) bond motifs is 2.